The summed E-state index contributed by atoms with van der Waals surface area (Å²) in [6.45, 7) is 5.41. The Hall–Kier alpha value is -3.06. The lowest BCUT2D eigenvalue weighted by atomic mass is 10.1. The predicted molar refractivity (Wildman–Crippen MR) is 112 cm³/mol. The fourth-order valence-electron chi connectivity index (χ4n) is 2.53. The first-order chi connectivity index (χ1) is 13.8. The SMILES string of the molecule is Cc1ccc(OCC(=O)NNC(=O)CCC(=O)Nc2cccc(Cl)c2C)c(C)c1. The van der Waals surface area contributed by atoms with Gasteiger partial charge in [0.1, 0.15) is 5.75 Å². The molecule has 0 saturated carbocycles. The molecular weight excluding hydrogens is 394 g/mol. The number of hydrogen-bond donors (Lipinski definition) is 3. The summed E-state index contributed by atoms with van der Waals surface area (Å²) in [6, 6.07) is 10.8. The van der Waals surface area contributed by atoms with Crippen molar-refractivity contribution in [3.8, 4) is 5.75 Å². The fourth-order valence-corrected chi connectivity index (χ4v) is 2.70. The summed E-state index contributed by atoms with van der Waals surface area (Å²) in [5.41, 5.74) is 7.89. The highest BCUT2D eigenvalue weighted by Gasteiger charge is 2.11. The van der Waals surface area contributed by atoms with Crippen LogP contribution in [0.2, 0.25) is 5.02 Å². The largest absolute Gasteiger partial charge is 0.483 e. The lowest BCUT2D eigenvalue weighted by Gasteiger charge is -2.11. The molecule has 0 fully saturated rings. The normalized spacial score (nSPS) is 10.2. The van der Waals surface area contributed by atoms with E-state index in [0.29, 0.717) is 16.5 Å². The second kappa shape index (κ2) is 10.5. The third kappa shape index (κ3) is 7.12. The van der Waals surface area contributed by atoms with Crippen LogP contribution in [-0.2, 0) is 14.4 Å². The molecule has 0 aliphatic carbocycles. The van der Waals surface area contributed by atoms with Gasteiger partial charge in [0, 0.05) is 23.6 Å². The second-order valence-corrected chi connectivity index (χ2v) is 7.02. The van der Waals surface area contributed by atoms with E-state index >= 15 is 0 Å². The van der Waals surface area contributed by atoms with Crippen molar-refractivity contribution in [3.05, 3.63) is 58.1 Å². The monoisotopic (exact) mass is 417 g/mol. The topological polar surface area (TPSA) is 96.5 Å². The molecule has 8 heteroatoms. The first-order valence-corrected chi connectivity index (χ1v) is 9.46. The van der Waals surface area contributed by atoms with Gasteiger partial charge in [-0.1, -0.05) is 35.4 Å². The van der Waals surface area contributed by atoms with Gasteiger partial charge in [-0.15, -0.1) is 0 Å². The first-order valence-electron chi connectivity index (χ1n) is 9.09. The number of hydrazine groups is 1. The molecule has 2 aromatic rings. The van der Waals surface area contributed by atoms with Crippen molar-refractivity contribution >= 4 is 35.0 Å². The summed E-state index contributed by atoms with van der Waals surface area (Å²) in [5.74, 6) is -0.708. The zero-order valence-corrected chi connectivity index (χ0v) is 17.4. The maximum absolute atomic E-state index is 12.0. The number of rotatable bonds is 7. The van der Waals surface area contributed by atoms with E-state index in [1.807, 2.05) is 26.0 Å². The minimum Gasteiger partial charge on any atom is -0.483 e. The lowest BCUT2D eigenvalue weighted by Crippen LogP contribution is -2.44. The van der Waals surface area contributed by atoms with Crippen molar-refractivity contribution in [2.24, 2.45) is 0 Å². The average Bonchev–Trinajstić information content (AvgIpc) is 2.67. The number of anilines is 1. The molecule has 154 valence electrons. The number of amides is 3. The van der Waals surface area contributed by atoms with E-state index in [0.717, 1.165) is 16.7 Å². The number of carbonyl (C=O) groups excluding carboxylic acids is 3. The van der Waals surface area contributed by atoms with Gasteiger partial charge in [0.05, 0.1) is 0 Å². The van der Waals surface area contributed by atoms with Gasteiger partial charge in [-0.25, -0.2) is 0 Å². The first kappa shape index (κ1) is 22.2. The Bertz CT molecular complexity index is 915. The zero-order chi connectivity index (χ0) is 21.4. The standard InChI is InChI=1S/C21H24ClN3O4/c1-13-7-8-18(14(2)11-13)29-12-21(28)25-24-20(27)10-9-19(26)23-17-6-4-5-16(22)15(17)3/h4-8,11H,9-10,12H2,1-3H3,(H,23,26)(H,24,27)(H,25,28). The number of carbonyl (C=O) groups is 3. The molecule has 0 spiro atoms. The van der Waals surface area contributed by atoms with Crippen LogP contribution in [0.4, 0.5) is 5.69 Å². The lowest BCUT2D eigenvalue weighted by molar-refractivity contribution is -0.130. The Morgan fingerprint density at radius 1 is 0.931 bits per heavy atom. The highest BCUT2D eigenvalue weighted by molar-refractivity contribution is 6.31. The van der Waals surface area contributed by atoms with Crippen molar-refractivity contribution in [1.29, 1.82) is 0 Å². The average molecular weight is 418 g/mol. The Balaban J connectivity index is 1.69. The van der Waals surface area contributed by atoms with E-state index in [-0.39, 0.29) is 25.4 Å². The summed E-state index contributed by atoms with van der Waals surface area (Å²) in [4.78, 5) is 35.6. The molecule has 0 saturated heterocycles. The number of nitrogens with one attached hydrogen (secondary N) is 3. The van der Waals surface area contributed by atoms with Crippen LogP contribution in [0.25, 0.3) is 0 Å². The minimum atomic E-state index is -0.502. The van der Waals surface area contributed by atoms with Crippen LogP contribution >= 0.6 is 11.6 Å². The van der Waals surface area contributed by atoms with E-state index in [1.165, 1.54) is 0 Å². The number of halogens is 1. The van der Waals surface area contributed by atoms with Crippen molar-refractivity contribution in [2.45, 2.75) is 33.6 Å². The van der Waals surface area contributed by atoms with Crippen LogP contribution in [0.1, 0.15) is 29.5 Å². The van der Waals surface area contributed by atoms with E-state index in [4.69, 9.17) is 16.3 Å². The van der Waals surface area contributed by atoms with Crippen molar-refractivity contribution in [2.75, 3.05) is 11.9 Å². The molecule has 7 nitrogen and oxygen atoms in total. The predicted octanol–water partition coefficient (Wildman–Crippen LogP) is 3.21. The van der Waals surface area contributed by atoms with Gasteiger partial charge in [-0.2, -0.15) is 0 Å². The van der Waals surface area contributed by atoms with Crippen LogP contribution in [0, 0.1) is 20.8 Å². The molecule has 0 heterocycles. The Kier molecular flexibility index (Phi) is 8.03. The molecule has 0 atom stereocenters. The van der Waals surface area contributed by atoms with Crippen LogP contribution < -0.4 is 20.9 Å². The Labute approximate surface area is 174 Å². The summed E-state index contributed by atoms with van der Waals surface area (Å²) in [7, 11) is 0. The van der Waals surface area contributed by atoms with Crippen LogP contribution in [0.3, 0.4) is 0 Å². The fraction of sp³-hybridized carbons (Fsp3) is 0.286. The molecule has 2 rings (SSSR count). The van der Waals surface area contributed by atoms with Crippen molar-refractivity contribution in [1.82, 2.24) is 10.9 Å². The van der Waals surface area contributed by atoms with E-state index in [1.54, 1.807) is 31.2 Å². The van der Waals surface area contributed by atoms with Crippen molar-refractivity contribution < 1.29 is 19.1 Å². The molecule has 0 aliphatic heterocycles. The number of ether oxygens (including phenoxy) is 1. The number of hydrogen-bond acceptors (Lipinski definition) is 4. The molecule has 0 bridgehead atoms. The zero-order valence-electron chi connectivity index (χ0n) is 16.6. The minimum absolute atomic E-state index is 0.0350. The smallest absolute Gasteiger partial charge is 0.276 e. The summed E-state index contributed by atoms with van der Waals surface area (Å²) < 4.78 is 5.43. The quantitative estimate of drug-likeness (QED) is 0.602. The molecule has 3 amide bonds. The summed E-state index contributed by atoms with van der Waals surface area (Å²) >= 11 is 6.01. The molecule has 0 aromatic heterocycles. The molecule has 0 radical (unpaired) electrons. The van der Waals surface area contributed by atoms with Gasteiger partial charge in [-0.3, -0.25) is 25.2 Å². The molecule has 0 unspecified atom stereocenters. The highest BCUT2D eigenvalue weighted by Crippen LogP contribution is 2.23. The van der Waals surface area contributed by atoms with Gasteiger partial charge >= 0.3 is 0 Å². The molecule has 2 aromatic carbocycles. The molecule has 0 aliphatic rings. The Morgan fingerprint density at radius 2 is 1.62 bits per heavy atom. The summed E-state index contributed by atoms with van der Waals surface area (Å²) in [6.07, 6.45) is -0.115. The maximum atomic E-state index is 12.0. The van der Waals surface area contributed by atoms with Gasteiger partial charge < -0.3 is 10.1 Å². The second-order valence-electron chi connectivity index (χ2n) is 6.61. The van der Waals surface area contributed by atoms with Crippen LogP contribution in [-0.4, -0.2) is 24.3 Å². The summed E-state index contributed by atoms with van der Waals surface area (Å²) in [5, 5.41) is 3.26. The Morgan fingerprint density at radius 3 is 2.34 bits per heavy atom. The van der Waals surface area contributed by atoms with E-state index in [2.05, 4.69) is 16.2 Å². The van der Waals surface area contributed by atoms with Crippen LogP contribution in [0.15, 0.2) is 36.4 Å². The van der Waals surface area contributed by atoms with E-state index < -0.39 is 11.8 Å². The highest BCUT2D eigenvalue weighted by atomic mass is 35.5. The number of benzene rings is 2. The molecular formula is C21H24ClN3O4. The third-order valence-corrected chi connectivity index (χ3v) is 4.56. The molecule has 3 N–H and O–H groups in total. The van der Waals surface area contributed by atoms with Gasteiger partial charge in [-0.05, 0) is 50.1 Å². The maximum Gasteiger partial charge on any atom is 0.276 e. The molecule has 29 heavy (non-hydrogen) atoms. The van der Waals surface area contributed by atoms with Gasteiger partial charge in [0.25, 0.3) is 5.91 Å². The van der Waals surface area contributed by atoms with Gasteiger partial charge in [0.15, 0.2) is 6.61 Å². The third-order valence-electron chi connectivity index (χ3n) is 4.15. The van der Waals surface area contributed by atoms with Crippen LogP contribution in [0.5, 0.6) is 5.75 Å². The van der Waals surface area contributed by atoms with Gasteiger partial charge in [0.2, 0.25) is 11.8 Å². The van der Waals surface area contributed by atoms with Crippen molar-refractivity contribution in [3.63, 3.8) is 0 Å². The van der Waals surface area contributed by atoms with E-state index in [9.17, 15) is 14.4 Å². The number of aryl methyl sites for hydroxylation is 2.